The Morgan fingerprint density at radius 3 is 2.63 bits per heavy atom. The molecule has 0 saturated carbocycles. The lowest BCUT2D eigenvalue weighted by Gasteiger charge is -2.31. The summed E-state index contributed by atoms with van der Waals surface area (Å²) >= 11 is 0. The first-order valence-electron chi connectivity index (χ1n) is 11.1. The van der Waals surface area contributed by atoms with Crippen molar-refractivity contribution in [2.45, 2.75) is 56.8 Å². The van der Waals surface area contributed by atoms with Crippen LogP contribution in [-0.4, -0.2) is 59.3 Å². The molecule has 2 aliphatic heterocycles. The van der Waals surface area contributed by atoms with Gasteiger partial charge in [0.05, 0.1) is 15.9 Å². The van der Waals surface area contributed by atoms with Gasteiger partial charge < -0.3 is 9.47 Å². The van der Waals surface area contributed by atoms with E-state index in [4.69, 9.17) is 0 Å². The summed E-state index contributed by atoms with van der Waals surface area (Å²) in [7, 11) is -1.55. The van der Waals surface area contributed by atoms with E-state index in [2.05, 4.69) is 11.9 Å². The normalized spacial score (nSPS) is 21.3. The quantitative estimate of drug-likeness (QED) is 0.728. The minimum atomic E-state index is -3.48. The molecule has 2 fully saturated rings. The first kappa shape index (κ1) is 21.3. The Morgan fingerprint density at radius 1 is 1.13 bits per heavy atom. The van der Waals surface area contributed by atoms with E-state index in [0.29, 0.717) is 42.3 Å². The first-order valence-corrected chi connectivity index (χ1v) is 12.5. The van der Waals surface area contributed by atoms with Gasteiger partial charge in [0.25, 0.3) is 0 Å². The molecule has 0 bridgehead atoms. The average molecular weight is 433 g/mol. The Labute approximate surface area is 179 Å². The number of aryl methyl sites for hydroxylation is 2. The minimum absolute atomic E-state index is 0.182. The Balaban J connectivity index is 1.50. The molecule has 7 nitrogen and oxygen atoms in total. The minimum Gasteiger partial charge on any atom is -0.342 e. The molecule has 30 heavy (non-hydrogen) atoms. The van der Waals surface area contributed by atoms with Crippen LogP contribution >= 0.6 is 0 Å². The molecule has 1 unspecified atom stereocenters. The number of hydrogen-bond acceptors (Lipinski definition) is 4. The molecule has 2 saturated heterocycles. The molecule has 0 aliphatic carbocycles. The molecular weight excluding hydrogens is 400 g/mol. The van der Waals surface area contributed by atoms with Gasteiger partial charge in [0.2, 0.25) is 15.9 Å². The van der Waals surface area contributed by atoms with Gasteiger partial charge in [0.1, 0.15) is 5.82 Å². The number of imidazole rings is 1. The molecule has 1 amide bonds. The van der Waals surface area contributed by atoms with Gasteiger partial charge in [-0.2, -0.15) is 4.31 Å². The number of rotatable bonds is 5. The lowest BCUT2D eigenvalue weighted by molar-refractivity contribution is -0.132. The molecule has 2 aliphatic rings. The summed E-state index contributed by atoms with van der Waals surface area (Å²) in [5, 5.41) is 0. The predicted molar refractivity (Wildman–Crippen MR) is 117 cm³/mol. The molecule has 0 N–H and O–H groups in total. The number of nitrogens with zero attached hydrogens (tertiary/aromatic N) is 4. The van der Waals surface area contributed by atoms with Crippen LogP contribution in [0.25, 0.3) is 11.0 Å². The van der Waals surface area contributed by atoms with Gasteiger partial charge in [-0.15, -0.1) is 0 Å². The maximum Gasteiger partial charge on any atom is 0.243 e. The van der Waals surface area contributed by atoms with Crippen LogP contribution in [-0.2, 0) is 28.3 Å². The van der Waals surface area contributed by atoms with Crippen molar-refractivity contribution in [3.05, 3.63) is 24.0 Å². The van der Waals surface area contributed by atoms with Crippen LogP contribution in [0.15, 0.2) is 23.1 Å². The molecule has 1 aromatic heterocycles. The van der Waals surface area contributed by atoms with Crippen molar-refractivity contribution in [2.24, 2.45) is 13.0 Å². The van der Waals surface area contributed by atoms with Gasteiger partial charge in [-0.1, -0.05) is 13.3 Å². The summed E-state index contributed by atoms with van der Waals surface area (Å²) in [6, 6.07) is 5.19. The monoisotopic (exact) mass is 432 g/mol. The highest BCUT2D eigenvalue weighted by molar-refractivity contribution is 7.89. The molecule has 8 heteroatoms. The van der Waals surface area contributed by atoms with Crippen LogP contribution in [0.5, 0.6) is 0 Å². The molecule has 0 radical (unpaired) electrons. The van der Waals surface area contributed by atoms with Gasteiger partial charge in [0.15, 0.2) is 0 Å². The van der Waals surface area contributed by atoms with Gasteiger partial charge in [-0.25, -0.2) is 13.4 Å². The lowest BCUT2D eigenvalue weighted by Crippen LogP contribution is -2.39. The highest BCUT2D eigenvalue weighted by Gasteiger charge is 2.27. The number of carbonyl (C=O) groups is 1. The molecular formula is C22H32N4O3S. The van der Waals surface area contributed by atoms with E-state index in [1.165, 1.54) is 6.42 Å². The lowest BCUT2D eigenvalue weighted by atomic mass is 10.00. The van der Waals surface area contributed by atoms with Crippen molar-refractivity contribution in [3.8, 4) is 0 Å². The van der Waals surface area contributed by atoms with E-state index in [0.717, 1.165) is 50.1 Å². The summed E-state index contributed by atoms with van der Waals surface area (Å²) in [5.41, 5.74) is 1.56. The maximum absolute atomic E-state index is 13.0. The van der Waals surface area contributed by atoms with E-state index < -0.39 is 10.0 Å². The van der Waals surface area contributed by atoms with Crippen molar-refractivity contribution in [1.29, 1.82) is 0 Å². The molecule has 3 heterocycles. The Morgan fingerprint density at radius 2 is 1.90 bits per heavy atom. The zero-order valence-electron chi connectivity index (χ0n) is 18.0. The average Bonchev–Trinajstić information content (AvgIpc) is 3.07. The number of likely N-dealkylation sites (tertiary alicyclic amines) is 1. The predicted octanol–water partition coefficient (Wildman–Crippen LogP) is 2.94. The second kappa shape index (κ2) is 8.67. The van der Waals surface area contributed by atoms with E-state index in [1.807, 2.05) is 22.6 Å². The highest BCUT2D eigenvalue weighted by atomic mass is 32.2. The fourth-order valence-electron chi connectivity index (χ4n) is 4.66. The Kier molecular flexibility index (Phi) is 6.16. The van der Waals surface area contributed by atoms with Crippen molar-refractivity contribution in [1.82, 2.24) is 18.8 Å². The second-order valence-electron chi connectivity index (χ2n) is 8.79. The van der Waals surface area contributed by atoms with Crippen LogP contribution in [0.4, 0.5) is 0 Å². The zero-order valence-corrected chi connectivity index (χ0v) is 18.8. The number of sulfonamides is 1. The molecule has 4 rings (SSSR count). The van der Waals surface area contributed by atoms with Crippen molar-refractivity contribution in [2.75, 3.05) is 26.2 Å². The molecule has 164 valence electrons. The second-order valence-corrected chi connectivity index (χ2v) is 10.7. The summed E-state index contributed by atoms with van der Waals surface area (Å²) in [6.45, 7) is 5.07. The third kappa shape index (κ3) is 4.25. The van der Waals surface area contributed by atoms with Gasteiger partial charge in [-0.05, 0) is 49.8 Å². The van der Waals surface area contributed by atoms with Crippen LogP contribution in [0.2, 0.25) is 0 Å². The first-order chi connectivity index (χ1) is 14.4. The summed E-state index contributed by atoms with van der Waals surface area (Å²) in [6.07, 6.45) is 6.18. The van der Waals surface area contributed by atoms with Crippen LogP contribution in [0.3, 0.4) is 0 Å². The van der Waals surface area contributed by atoms with Gasteiger partial charge >= 0.3 is 0 Å². The number of hydrogen-bond donors (Lipinski definition) is 0. The molecule has 1 aromatic carbocycles. The Bertz CT molecular complexity index is 1020. The van der Waals surface area contributed by atoms with Gasteiger partial charge in [0, 0.05) is 46.1 Å². The largest absolute Gasteiger partial charge is 0.342 e. The summed E-state index contributed by atoms with van der Waals surface area (Å²) in [4.78, 5) is 19.6. The third-order valence-corrected chi connectivity index (χ3v) is 8.36. The van der Waals surface area contributed by atoms with Crippen LogP contribution in [0.1, 0.15) is 51.3 Å². The standard InChI is InChI=1S/C22H32N4O3S/c1-17-7-6-12-25(16-17)22(27)11-10-21-23-19-15-18(8-9-20(19)24(21)2)30(28,29)26-13-4-3-5-14-26/h8-9,15,17H,3-7,10-14,16H2,1-2H3. The number of piperidine rings is 2. The smallest absolute Gasteiger partial charge is 0.243 e. The maximum atomic E-state index is 13.0. The van der Waals surface area contributed by atoms with E-state index in [-0.39, 0.29) is 5.91 Å². The summed E-state index contributed by atoms with van der Waals surface area (Å²) < 4.78 is 29.5. The van der Waals surface area contributed by atoms with Crippen LogP contribution in [0, 0.1) is 5.92 Å². The van der Waals surface area contributed by atoms with Gasteiger partial charge in [-0.3, -0.25) is 4.79 Å². The number of fused-ring (bicyclic) bond motifs is 1. The van der Waals surface area contributed by atoms with E-state index >= 15 is 0 Å². The van der Waals surface area contributed by atoms with Crippen molar-refractivity contribution in [3.63, 3.8) is 0 Å². The molecule has 2 aromatic rings. The Hall–Kier alpha value is -1.93. The van der Waals surface area contributed by atoms with Crippen LogP contribution < -0.4 is 0 Å². The number of carbonyl (C=O) groups excluding carboxylic acids is 1. The highest BCUT2D eigenvalue weighted by Crippen LogP contribution is 2.25. The fourth-order valence-corrected chi connectivity index (χ4v) is 6.20. The third-order valence-electron chi connectivity index (χ3n) is 6.47. The fraction of sp³-hybridized carbons (Fsp3) is 0.636. The van der Waals surface area contributed by atoms with E-state index in [9.17, 15) is 13.2 Å². The topological polar surface area (TPSA) is 75.5 Å². The number of amides is 1. The SMILES string of the molecule is CC1CCCN(C(=O)CCc2nc3cc(S(=O)(=O)N4CCCCC4)ccc3n2C)C1. The van der Waals surface area contributed by atoms with E-state index in [1.54, 1.807) is 16.4 Å². The van der Waals surface area contributed by atoms with Crippen molar-refractivity contribution < 1.29 is 13.2 Å². The zero-order chi connectivity index (χ0) is 21.3. The molecule has 1 atom stereocenters. The number of aromatic nitrogens is 2. The summed E-state index contributed by atoms with van der Waals surface area (Å²) in [5.74, 6) is 1.57. The van der Waals surface area contributed by atoms with Crippen molar-refractivity contribution >= 4 is 27.0 Å². The number of benzene rings is 1. The molecule has 0 spiro atoms.